The van der Waals surface area contributed by atoms with Crippen LogP contribution in [0.25, 0.3) is 22.3 Å². The Hall–Kier alpha value is -4.96. The van der Waals surface area contributed by atoms with Crippen LogP contribution in [0.15, 0.2) is 121 Å². The fourth-order valence-electron chi connectivity index (χ4n) is 5.31. The van der Waals surface area contributed by atoms with Crippen LogP contribution in [0.4, 0.5) is 0 Å². The lowest BCUT2D eigenvalue weighted by molar-refractivity contribution is 0.266. The molecule has 4 aromatic carbocycles. The van der Waals surface area contributed by atoms with Crippen molar-refractivity contribution in [1.82, 2.24) is 0 Å². The summed E-state index contributed by atoms with van der Waals surface area (Å²) in [6.45, 7) is 1.31. The second-order valence-electron chi connectivity index (χ2n) is 10.7. The first-order chi connectivity index (χ1) is 20.6. The largest absolute Gasteiger partial charge is 0.508 e. The molecular weight excluding hydrogens is 520 g/mol. The number of ether oxygens (including phenoxy) is 2. The summed E-state index contributed by atoms with van der Waals surface area (Å²) in [6.07, 6.45) is 12.3. The van der Waals surface area contributed by atoms with Crippen LogP contribution in [-0.2, 0) is 0 Å². The molecule has 2 aliphatic carbocycles. The average Bonchev–Trinajstić information content (AvgIpc) is 3.72. The van der Waals surface area contributed by atoms with E-state index in [0.29, 0.717) is 13.2 Å². The maximum atomic E-state index is 9.53. The second-order valence-corrected chi connectivity index (χ2v) is 10.7. The molecule has 0 aliphatic heterocycles. The molecular formula is C38H34O4. The van der Waals surface area contributed by atoms with Gasteiger partial charge in [-0.05, 0) is 119 Å². The maximum Gasteiger partial charge on any atom is 0.119 e. The third kappa shape index (κ3) is 6.67. The molecule has 4 heteroatoms. The van der Waals surface area contributed by atoms with Crippen molar-refractivity contribution >= 4 is 22.3 Å². The summed E-state index contributed by atoms with van der Waals surface area (Å²) < 4.78 is 11.9. The molecule has 0 amide bonds. The molecule has 0 spiro atoms. The fraction of sp³-hybridized carbons (Fsp3) is 0.158. The maximum absolute atomic E-state index is 9.53. The van der Waals surface area contributed by atoms with E-state index in [1.807, 2.05) is 48.5 Å². The molecule has 4 aromatic rings. The zero-order valence-corrected chi connectivity index (χ0v) is 23.5. The summed E-state index contributed by atoms with van der Waals surface area (Å²) in [5.41, 5.74) is 9.76. The van der Waals surface area contributed by atoms with Crippen molar-refractivity contribution in [3.63, 3.8) is 0 Å². The normalized spacial score (nSPS) is 14.2. The smallest absolute Gasteiger partial charge is 0.119 e. The molecule has 0 atom stereocenters. The van der Waals surface area contributed by atoms with Crippen molar-refractivity contribution in [2.24, 2.45) is 0 Å². The number of rotatable bonds is 11. The highest BCUT2D eigenvalue weighted by atomic mass is 16.5. The van der Waals surface area contributed by atoms with Crippen LogP contribution in [0.1, 0.15) is 47.9 Å². The van der Waals surface area contributed by atoms with Gasteiger partial charge < -0.3 is 19.7 Å². The van der Waals surface area contributed by atoms with E-state index in [4.69, 9.17) is 9.47 Å². The van der Waals surface area contributed by atoms with E-state index < -0.39 is 0 Å². The molecule has 0 saturated heterocycles. The van der Waals surface area contributed by atoms with Crippen molar-refractivity contribution in [3.8, 4) is 23.0 Å². The van der Waals surface area contributed by atoms with Gasteiger partial charge in [-0.15, -0.1) is 0 Å². The van der Waals surface area contributed by atoms with E-state index in [2.05, 4.69) is 48.6 Å². The Bertz CT molecular complexity index is 1510. The second kappa shape index (κ2) is 12.7. The summed E-state index contributed by atoms with van der Waals surface area (Å²) in [5, 5.41) is 19.1. The molecule has 4 nitrogen and oxygen atoms in total. The summed E-state index contributed by atoms with van der Waals surface area (Å²) in [7, 11) is 0. The highest BCUT2D eigenvalue weighted by Crippen LogP contribution is 2.36. The zero-order chi connectivity index (χ0) is 28.7. The molecule has 6 rings (SSSR count). The van der Waals surface area contributed by atoms with Crippen molar-refractivity contribution in [2.45, 2.75) is 25.7 Å². The molecule has 0 radical (unpaired) electrons. The molecule has 210 valence electrons. The first-order valence-electron chi connectivity index (χ1n) is 14.5. The van der Waals surface area contributed by atoms with E-state index in [1.54, 1.807) is 24.3 Å². The number of benzene rings is 4. The molecule has 0 unspecified atom stereocenters. The summed E-state index contributed by atoms with van der Waals surface area (Å²) in [6, 6.07) is 31.4. The van der Waals surface area contributed by atoms with Gasteiger partial charge in [0, 0.05) is 0 Å². The summed E-state index contributed by atoms with van der Waals surface area (Å²) in [5.74, 6) is 2.34. The predicted molar refractivity (Wildman–Crippen MR) is 170 cm³/mol. The molecule has 2 aliphatic rings. The zero-order valence-electron chi connectivity index (χ0n) is 23.5. The van der Waals surface area contributed by atoms with Crippen LogP contribution in [0.3, 0.4) is 0 Å². The number of unbranched alkanes of at least 4 members (excludes halogenated alkanes) is 1. The quantitative estimate of drug-likeness (QED) is 0.182. The number of hydrogen-bond acceptors (Lipinski definition) is 4. The lowest BCUT2D eigenvalue weighted by Crippen LogP contribution is -2.02. The van der Waals surface area contributed by atoms with Crippen LogP contribution in [0.2, 0.25) is 0 Å². The van der Waals surface area contributed by atoms with E-state index in [9.17, 15) is 10.2 Å². The highest BCUT2D eigenvalue weighted by Gasteiger charge is 2.13. The molecule has 0 fully saturated rings. The Kier molecular flexibility index (Phi) is 8.23. The van der Waals surface area contributed by atoms with Crippen molar-refractivity contribution < 1.29 is 19.7 Å². The number of aromatic hydroxyl groups is 2. The summed E-state index contributed by atoms with van der Waals surface area (Å²) in [4.78, 5) is 0. The minimum Gasteiger partial charge on any atom is -0.508 e. The Labute approximate surface area is 247 Å². The molecule has 0 aromatic heterocycles. The van der Waals surface area contributed by atoms with Gasteiger partial charge in [-0.1, -0.05) is 72.8 Å². The van der Waals surface area contributed by atoms with Gasteiger partial charge in [0.05, 0.1) is 13.2 Å². The Balaban J connectivity index is 0.881. The highest BCUT2D eigenvalue weighted by molar-refractivity contribution is 5.87. The van der Waals surface area contributed by atoms with E-state index in [0.717, 1.165) is 48.3 Å². The van der Waals surface area contributed by atoms with E-state index in [-0.39, 0.29) is 11.5 Å². The first-order valence-corrected chi connectivity index (χ1v) is 14.5. The lowest BCUT2D eigenvalue weighted by atomic mass is 9.99. The minimum absolute atomic E-state index is 0.289. The van der Waals surface area contributed by atoms with Gasteiger partial charge in [0.2, 0.25) is 0 Å². The predicted octanol–water partition coefficient (Wildman–Crippen LogP) is 9.08. The van der Waals surface area contributed by atoms with Crippen LogP contribution in [0.5, 0.6) is 23.0 Å². The number of allylic oxidation sites excluding steroid dienone is 8. The standard InChI is InChI=1S/C38H34O4/c39-35-15-7-27(8-16-35)31-3-5-33(25-31)29-11-19-37(20-12-29)41-23-1-2-24-42-38-21-13-30(14-22-38)34-6-4-32(26-34)28-9-17-36(40)18-10-28/h3-22,39-40H,1-2,23-26H2. The lowest BCUT2D eigenvalue weighted by Gasteiger charge is -2.10. The van der Waals surface area contributed by atoms with Crippen LogP contribution >= 0.6 is 0 Å². The fourth-order valence-corrected chi connectivity index (χ4v) is 5.31. The number of hydrogen-bond donors (Lipinski definition) is 2. The number of phenolic OH excluding ortho intramolecular Hbond substituents is 2. The minimum atomic E-state index is 0.289. The molecule has 2 N–H and O–H groups in total. The van der Waals surface area contributed by atoms with Crippen LogP contribution < -0.4 is 9.47 Å². The van der Waals surface area contributed by atoms with Gasteiger partial charge in [0.25, 0.3) is 0 Å². The van der Waals surface area contributed by atoms with E-state index >= 15 is 0 Å². The van der Waals surface area contributed by atoms with Crippen LogP contribution in [0, 0.1) is 0 Å². The Morgan fingerprint density at radius 1 is 0.405 bits per heavy atom. The Morgan fingerprint density at radius 3 is 1.00 bits per heavy atom. The third-order valence-electron chi connectivity index (χ3n) is 7.74. The van der Waals surface area contributed by atoms with Gasteiger partial charge in [-0.3, -0.25) is 0 Å². The van der Waals surface area contributed by atoms with Gasteiger partial charge >= 0.3 is 0 Å². The molecule has 42 heavy (non-hydrogen) atoms. The van der Waals surface area contributed by atoms with E-state index in [1.165, 1.54) is 33.4 Å². The Morgan fingerprint density at radius 2 is 0.690 bits per heavy atom. The van der Waals surface area contributed by atoms with Crippen molar-refractivity contribution in [2.75, 3.05) is 13.2 Å². The average molecular weight is 555 g/mol. The van der Waals surface area contributed by atoms with Crippen molar-refractivity contribution in [1.29, 1.82) is 0 Å². The SMILES string of the molecule is Oc1ccc(C2=CC=C(c3ccc(OCCCCOc4ccc(C5=CC=C(c6ccc(O)cc6)C5)cc4)cc3)C2)cc1. The van der Waals surface area contributed by atoms with Crippen molar-refractivity contribution in [3.05, 3.63) is 144 Å². The number of phenols is 2. The summed E-state index contributed by atoms with van der Waals surface area (Å²) >= 11 is 0. The van der Waals surface area contributed by atoms with Gasteiger partial charge in [-0.25, -0.2) is 0 Å². The first kappa shape index (κ1) is 27.2. The van der Waals surface area contributed by atoms with Gasteiger partial charge in [0.15, 0.2) is 0 Å². The van der Waals surface area contributed by atoms with Crippen LogP contribution in [-0.4, -0.2) is 23.4 Å². The van der Waals surface area contributed by atoms with Gasteiger partial charge in [0.1, 0.15) is 23.0 Å². The monoisotopic (exact) mass is 554 g/mol. The third-order valence-corrected chi connectivity index (χ3v) is 7.74. The topological polar surface area (TPSA) is 58.9 Å². The molecule has 0 heterocycles. The molecule has 0 bridgehead atoms. The van der Waals surface area contributed by atoms with Gasteiger partial charge in [-0.2, -0.15) is 0 Å². The molecule has 0 saturated carbocycles.